The molecule has 0 radical (unpaired) electrons. The monoisotopic (exact) mass is 366 g/mol. The van der Waals surface area contributed by atoms with Gasteiger partial charge in [-0.3, -0.25) is 4.79 Å². The Morgan fingerprint density at radius 2 is 1.89 bits per heavy atom. The van der Waals surface area contributed by atoms with Crippen molar-refractivity contribution in [3.8, 4) is 11.5 Å². The van der Waals surface area contributed by atoms with Crippen molar-refractivity contribution in [1.82, 2.24) is 5.01 Å². The minimum atomic E-state index is -0.637. The van der Waals surface area contributed by atoms with E-state index < -0.39 is 6.04 Å². The highest BCUT2D eigenvalue weighted by Gasteiger charge is 2.30. The maximum Gasteiger partial charge on any atom is 0.259 e. The second-order valence-electron chi connectivity index (χ2n) is 6.96. The first-order valence-corrected chi connectivity index (χ1v) is 8.90. The Morgan fingerprint density at radius 1 is 1.22 bits per heavy atom. The predicted octanol–water partition coefficient (Wildman–Crippen LogP) is 1.87. The van der Waals surface area contributed by atoms with E-state index in [1.807, 2.05) is 43.3 Å². The Hall–Kier alpha value is -3.06. The van der Waals surface area contributed by atoms with Gasteiger partial charge >= 0.3 is 0 Å². The molecule has 0 aliphatic carbocycles. The van der Waals surface area contributed by atoms with Crippen LogP contribution >= 0.6 is 0 Å². The number of amides is 1. The highest BCUT2D eigenvalue weighted by molar-refractivity contribution is 6.14. The van der Waals surface area contributed by atoms with Gasteiger partial charge in [0.1, 0.15) is 0 Å². The summed E-state index contributed by atoms with van der Waals surface area (Å²) < 4.78 is 11.1. The molecule has 7 nitrogen and oxygen atoms in total. The first-order chi connectivity index (χ1) is 12.9. The van der Waals surface area contributed by atoms with E-state index in [0.29, 0.717) is 29.3 Å². The summed E-state index contributed by atoms with van der Waals surface area (Å²) in [6.07, 6.45) is 0.631. The van der Waals surface area contributed by atoms with Gasteiger partial charge in [-0.05, 0) is 50.1 Å². The zero-order valence-corrected chi connectivity index (χ0v) is 15.3. The number of nitrogens with zero attached hydrogens (tertiary/aromatic N) is 2. The predicted molar refractivity (Wildman–Crippen MR) is 103 cm³/mol. The first-order valence-electron chi connectivity index (χ1n) is 8.90. The summed E-state index contributed by atoms with van der Waals surface area (Å²) in [7, 11) is 0. The standard InChI is InChI=1S/C20H22N4O3/c1-11-7-14-8-17-18(27-10-26-17)9-16(14)19(13-3-5-15(22)6-4-13)23-24(11)20(25)12(2)21/h3-6,8-9,11-12H,7,10,21-22H2,1-2H3. The molecular formula is C20H22N4O3. The van der Waals surface area contributed by atoms with E-state index in [1.54, 1.807) is 6.92 Å². The Bertz CT molecular complexity index is 922. The molecule has 2 atom stereocenters. The summed E-state index contributed by atoms with van der Waals surface area (Å²) in [6, 6.07) is 10.5. The molecule has 1 amide bonds. The molecule has 0 fully saturated rings. The number of ether oxygens (including phenoxy) is 2. The van der Waals surface area contributed by atoms with Gasteiger partial charge in [-0.25, -0.2) is 5.01 Å². The number of nitrogens with two attached hydrogens (primary N) is 2. The lowest BCUT2D eigenvalue weighted by molar-refractivity contribution is -0.134. The zero-order chi connectivity index (χ0) is 19.1. The normalized spacial score (nSPS) is 19.1. The minimum absolute atomic E-state index is 0.145. The van der Waals surface area contributed by atoms with Gasteiger partial charge in [0.25, 0.3) is 5.91 Å². The summed E-state index contributed by atoms with van der Waals surface area (Å²) >= 11 is 0. The van der Waals surface area contributed by atoms with E-state index in [9.17, 15) is 4.79 Å². The van der Waals surface area contributed by atoms with Crippen LogP contribution in [0.2, 0.25) is 0 Å². The molecule has 0 aromatic heterocycles. The summed E-state index contributed by atoms with van der Waals surface area (Å²) in [5.74, 6) is 1.17. The van der Waals surface area contributed by atoms with Gasteiger partial charge in [-0.1, -0.05) is 12.1 Å². The van der Waals surface area contributed by atoms with Gasteiger partial charge in [0.05, 0.1) is 17.8 Å². The van der Waals surface area contributed by atoms with E-state index in [-0.39, 0.29) is 18.7 Å². The first kappa shape index (κ1) is 17.4. The van der Waals surface area contributed by atoms with E-state index >= 15 is 0 Å². The number of fused-ring (bicyclic) bond motifs is 2. The SMILES string of the molecule is CC(N)C(=O)N1N=C(c2ccc(N)cc2)c2cc3c(cc2CC1C)OCO3. The van der Waals surface area contributed by atoms with Crippen molar-refractivity contribution in [2.75, 3.05) is 12.5 Å². The van der Waals surface area contributed by atoms with Gasteiger partial charge in [-0.2, -0.15) is 5.10 Å². The Labute approximate surface area is 157 Å². The van der Waals surface area contributed by atoms with E-state index in [1.165, 1.54) is 5.01 Å². The van der Waals surface area contributed by atoms with E-state index in [0.717, 1.165) is 16.7 Å². The van der Waals surface area contributed by atoms with E-state index in [2.05, 4.69) is 0 Å². The van der Waals surface area contributed by atoms with Crippen molar-refractivity contribution >= 4 is 17.3 Å². The zero-order valence-electron chi connectivity index (χ0n) is 15.3. The average molecular weight is 366 g/mol. The Balaban J connectivity index is 1.90. The van der Waals surface area contributed by atoms with Gasteiger partial charge in [-0.15, -0.1) is 0 Å². The fourth-order valence-corrected chi connectivity index (χ4v) is 3.37. The third kappa shape index (κ3) is 3.10. The van der Waals surface area contributed by atoms with Crippen molar-refractivity contribution in [3.63, 3.8) is 0 Å². The van der Waals surface area contributed by atoms with Crippen LogP contribution in [-0.2, 0) is 11.2 Å². The maximum atomic E-state index is 12.7. The molecule has 2 aromatic carbocycles. The molecule has 2 aliphatic rings. The molecule has 0 spiro atoms. The van der Waals surface area contributed by atoms with Crippen molar-refractivity contribution in [2.45, 2.75) is 32.4 Å². The second-order valence-corrected chi connectivity index (χ2v) is 6.96. The van der Waals surface area contributed by atoms with Crippen LogP contribution in [0.4, 0.5) is 5.69 Å². The lowest BCUT2D eigenvalue weighted by Crippen LogP contribution is -2.44. The average Bonchev–Trinajstić information content (AvgIpc) is 3.04. The number of anilines is 1. The van der Waals surface area contributed by atoms with Gasteiger partial charge in [0, 0.05) is 16.8 Å². The molecule has 2 heterocycles. The topological polar surface area (TPSA) is 103 Å². The Morgan fingerprint density at radius 3 is 2.56 bits per heavy atom. The summed E-state index contributed by atoms with van der Waals surface area (Å²) in [5.41, 5.74) is 15.8. The third-order valence-corrected chi connectivity index (χ3v) is 4.79. The van der Waals surface area contributed by atoms with Crippen molar-refractivity contribution < 1.29 is 14.3 Å². The minimum Gasteiger partial charge on any atom is -0.454 e. The lowest BCUT2D eigenvalue weighted by atomic mass is 9.94. The van der Waals surface area contributed by atoms with Crippen molar-refractivity contribution in [3.05, 3.63) is 53.1 Å². The molecule has 27 heavy (non-hydrogen) atoms. The molecule has 0 saturated carbocycles. The molecule has 0 bridgehead atoms. The number of hydrogen-bond acceptors (Lipinski definition) is 6. The quantitative estimate of drug-likeness (QED) is 0.790. The van der Waals surface area contributed by atoms with Gasteiger partial charge < -0.3 is 20.9 Å². The van der Waals surface area contributed by atoms with Crippen LogP contribution in [-0.4, -0.2) is 35.5 Å². The molecular weight excluding hydrogens is 344 g/mol. The van der Waals surface area contributed by atoms with Crippen molar-refractivity contribution in [2.24, 2.45) is 10.8 Å². The molecule has 2 aromatic rings. The van der Waals surface area contributed by atoms with Gasteiger partial charge in [0.2, 0.25) is 6.79 Å². The van der Waals surface area contributed by atoms with Crippen LogP contribution in [0.3, 0.4) is 0 Å². The number of rotatable bonds is 2. The largest absolute Gasteiger partial charge is 0.454 e. The number of benzene rings is 2. The molecule has 2 aliphatic heterocycles. The molecule has 7 heteroatoms. The summed E-state index contributed by atoms with van der Waals surface area (Å²) in [4.78, 5) is 12.7. The Kier molecular flexibility index (Phi) is 4.24. The summed E-state index contributed by atoms with van der Waals surface area (Å²) in [5, 5.41) is 6.22. The third-order valence-electron chi connectivity index (χ3n) is 4.79. The van der Waals surface area contributed by atoms with Crippen molar-refractivity contribution in [1.29, 1.82) is 0 Å². The van der Waals surface area contributed by atoms with Crippen LogP contribution in [0.1, 0.15) is 30.5 Å². The maximum absolute atomic E-state index is 12.7. The highest BCUT2D eigenvalue weighted by atomic mass is 16.7. The van der Waals surface area contributed by atoms with Crippen LogP contribution in [0, 0.1) is 0 Å². The fraction of sp³-hybridized carbons (Fsp3) is 0.300. The number of carbonyl (C=O) groups is 1. The number of carbonyl (C=O) groups excluding carboxylic acids is 1. The number of hydrogen-bond donors (Lipinski definition) is 2. The lowest BCUT2D eigenvalue weighted by Gasteiger charge is -2.24. The second kappa shape index (κ2) is 6.59. The van der Waals surface area contributed by atoms with Gasteiger partial charge in [0.15, 0.2) is 11.5 Å². The molecule has 4 N–H and O–H groups in total. The van der Waals surface area contributed by atoms with Crippen LogP contribution < -0.4 is 20.9 Å². The fourth-order valence-electron chi connectivity index (χ4n) is 3.37. The number of nitrogen functional groups attached to an aromatic ring is 1. The molecule has 2 unspecified atom stereocenters. The highest BCUT2D eigenvalue weighted by Crippen LogP contribution is 2.37. The molecule has 0 saturated heterocycles. The number of hydrazone groups is 1. The van der Waals surface area contributed by atoms with Crippen LogP contribution in [0.25, 0.3) is 0 Å². The smallest absolute Gasteiger partial charge is 0.259 e. The van der Waals surface area contributed by atoms with E-state index in [4.69, 9.17) is 26.0 Å². The molecule has 4 rings (SSSR count). The van der Waals surface area contributed by atoms with Crippen LogP contribution in [0.15, 0.2) is 41.5 Å². The van der Waals surface area contributed by atoms with Crippen LogP contribution in [0.5, 0.6) is 11.5 Å². The summed E-state index contributed by atoms with van der Waals surface area (Å²) in [6.45, 7) is 3.84. The molecule has 140 valence electrons.